The lowest BCUT2D eigenvalue weighted by Gasteiger charge is -2.15. The van der Waals surface area contributed by atoms with Crippen LogP contribution in [0.3, 0.4) is 0 Å². The zero-order chi connectivity index (χ0) is 9.68. The lowest BCUT2D eigenvalue weighted by molar-refractivity contribution is 0.0756. The van der Waals surface area contributed by atoms with Crippen LogP contribution in [0.2, 0.25) is 0 Å². The van der Waals surface area contributed by atoms with Gasteiger partial charge in [-0.3, -0.25) is 0 Å². The number of phenols is 1. The minimum Gasteiger partial charge on any atom is -0.508 e. The number of phenolic OH excluding ortho intramolecular Hbond substituents is 1. The normalized spacial score (nSPS) is 12.8. The summed E-state index contributed by atoms with van der Waals surface area (Å²) in [4.78, 5) is 0. The Morgan fingerprint density at radius 3 is 2.62 bits per heavy atom. The Morgan fingerprint density at radius 2 is 2.08 bits per heavy atom. The molecule has 0 saturated heterocycles. The van der Waals surface area contributed by atoms with Gasteiger partial charge in [-0.25, -0.2) is 0 Å². The van der Waals surface area contributed by atoms with Crippen molar-refractivity contribution in [2.75, 3.05) is 13.7 Å². The number of benzene rings is 1. The zero-order valence-corrected chi connectivity index (χ0v) is 7.60. The number of para-hydroxylation sites is 1. The third-order valence-electron chi connectivity index (χ3n) is 1.96. The van der Waals surface area contributed by atoms with E-state index in [1.54, 1.807) is 25.3 Å². The molecule has 0 spiro atoms. The van der Waals surface area contributed by atoms with Gasteiger partial charge in [-0.1, -0.05) is 18.2 Å². The molecule has 0 aliphatic rings. The lowest BCUT2D eigenvalue weighted by atomic mass is 10.1. The first-order valence-electron chi connectivity index (χ1n) is 4.21. The summed E-state index contributed by atoms with van der Waals surface area (Å²) in [5.74, 6) is 0.211. The predicted octanol–water partition coefficient (Wildman–Crippen LogP) is 1.46. The second-order valence-electron chi connectivity index (χ2n) is 2.80. The summed E-state index contributed by atoms with van der Waals surface area (Å²) in [5.41, 5.74) is 0.721. The fourth-order valence-electron chi connectivity index (χ4n) is 1.28. The van der Waals surface area contributed by atoms with Gasteiger partial charge in [0.1, 0.15) is 5.75 Å². The zero-order valence-electron chi connectivity index (χ0n) is 7.60. The van der Waals surface area contributed by atoms with Gasteiger partial charge in [0.05, 0.1) is 6.10 Å². The molecule has 0 aromatic heterocycles. The number of aliphatic hydroxyl groups excluding tert-OH is 1. The van der Waals surface area contributed by atoms with Gasteiger partial charge in [0, 0.05) is 25.7 Å². The van der Waals surface area contributed by atoms with E-state index in [2.05, 4.69) is 0 Å². The summed E-state index contributed by atoms with van der Waals surface area (Å²) in [6, 6.07) is 6.99. The van der Waals surface area contributed by atoms with Gasteiger partial charge in [0.2, 0.25) is 0 Å². The predicted molar refractivity (Wildman–Crippen MR) is 49.6 cm³/mol. The van der Waals surface area contributed by atoms with Gasteiger partial charge in [0.15, 0.2) is 0 Å². The molecule has 0 amide bonds. The van der Waals surface area contributed by atoms with E-state index in [4.69, 9.17) is 9.84 Å². The standard InChI is InChI=1S/C10H14O3/c1-13-10(6-7-11)8-4-2-3-5-9(8)12/h2-5,10-12H,6-7H2,1H3. The molecule has 0 bridgehead atoms. The van der Waals surface area contributed by atoms with Crippen molar-refractivity contribution >= 4 is 0 Å². The molecular formula is C10H14O3. The maximum Gasteiger partial charge on any atom is 0.121 e. The van der Waals surface area contributed by atoms with Crippen LogP contribution in [0.5, 0.6) is 5.75 Å². The van der Waals surface area contributed by atoms with Gasteiger partial charge < -0.3 is 14.9 Å². The Morgan fingerprint density at radius 1 is 1.38 bits per heavy atom. The summed E-state index contributed by atoms with van der Waals surface area (Å²) in [6.07, 6.45) is 0.264. The minimum atomic E-state index is -0.230. The van der Waals surface area contributed by atoms with Crippen molar-refractivity contribution in [1.29, 1.82) is 0 Å². The Kier molecular flexibility index (Phi) is 3.73. The average Bonchev–Trinajstić information content (AvgIpc) is 2.16. The molecule has 0 radical (unpaired) electrons. The topological polar surface area (TPSA) is 49.7 Å². The number of aliphatic hydroxyl groups is 1. The molecule has 0 aliphatic heterocycles. The van der Waals surface area contributed by atoms with Crippen molar-refractivity contribution in [2.24, 2.45) is 0 Å². The number of hydrogen-bond donors (Lipinski definition) is 2. The van der Waals surface area contributed by atoms with Gasteiger partial charge >= 0.3 is 0 Å². The molecule has 3 nitrogen and oxygen atoms in total. The number of rotatable bonds is 4. The van der Waals surface area contributed by atoms with E-state index in [1.165, 1.54) is 0 Å². The molecule has 72 valence electrons. The molecule has 1 rings (SSSR count). The highest BCUT2D eigenvalue weighted by molar-refractivity contribution is 5.33. The molecular weight excluding hydrogens is 168 g/mol. The van der Waals surface area contributed by atoms with E-state index in [1.807, 2.05) is 6.07 Å². The smallest absolute Gasteiger partial charge is 0.121 e. The van der Waals surface area contributed by atoms with Crippen molar-refractivity contribution < 1.29 is 14.9 Å². The van der Waals surface area contributed by atoms with E-state index in [0.717, 1.165) is 5.56 Å². The fourth-order valence-corrected chi connectivity index (χ4v) is 1.28. The van der Waals surface area contributed by atoms with Crippen LogP contribution in [0.4, 0.5) is 0 Å². The highest BCUT2D eigenvalue weighted by Crippen LogP contribution is 2.27. The summed E-state index contributed by atoms with van der Waals surface area (Å²) in [7, 11) is 1.56. The van der Waals surface area contributed by atoms with E-state index < -0.39 is 0 Å². The van der Waals surface area contributed by atoms with Crippen LogP contribution in [0.15, 0.2) is 24.3 Å². The maximum atomic E-state index is 9.48. The van der Waals surface area contributed by atoms with Crippen LogP contribution >= 0.6 is 0 Å². The Balaban J connectivity index is 2.84. The van der Waals surface area contributed by atoms with Crippen LogP contribution in [-0.2, 0) is 4.74 Å². The quantitative estimate of drug-likeness (QED) is 0.741. The molecule has 13 heavy (non-hydrogen) atoms. The Hall–Kier alpha value is -1.06. The van der Waals surface area contributed by atoms with Crippen molar-refractivity contribution in [3.05, 3.63) is 29.8 Å². The van der Waals surface area contributed by atoms with Crippen molar-refractivity contribution in [2.45, 2.75) is 12.5 Å². The Labute approximate surface area is 77.6 Å². The van der Waals surface area contributed by atoms with Gasteiger partial charge in [-0.05, 0) is 6.07 Å². The molecule has 1 aromatic rings. The van der Waals surface area contributed by atoms with E-state index in [9.17, 15) is 5.11 Å². The minimum absolute atomic E-state index is 0.0485. The second kappa shape index (κ2) is 4.84. The molecule has 0 saturated carbocycles. The number of hydrogen-bond acceptors (Lipinski definition) is 3. The first-order chi connectivity index (χ1) is 6.29. The van der Waals surface area contributed by atoms with E-state index in [-0.39, 0.29) is 18.5 Å². The first kappa shape index (κ1) is 10.0. The van der Waals surface area contributed by atoms with E-state index in [0.29, 0.717) is 6.42 Å². The third-order valence-corrected chi connectivity index (χ3v) is 1.96. The summed E-state index contributed by atoms with van der Waals surface area (Å²) in [5, 5.41) is 18.2. The maximum absolute atomic E-state index is 9.48. The fraction of sp³-hybridized carbons (Fsp3) is 0.400. The molecule has 0 fully saturated rings. The lowest BCUT2D eigenvalue weighted by Crippen LogP contribution is -2.03. The molecule has 0 heterocycles. The second-order valence-corrected chi connectivity index (χ2v) is 2.80. The number of ether oxygens (including phenoxy) is 1. The van der Waals surface area contributed by atoms with Crippen molar-refractivity contribution in [3.63, 3.8) is 0 Å². The molecule has 0 aliphatic carbocycles. The molecule has 1 atom stereocenters. The molecule has 3 heteroatoms. The summed E-state index contributed by atoms with van der Waals surface area (Å²) >= 11 is 0. The number of methoxy groups -OCH3 is 1. The van der Waals surface area contributed by atoms with E-state index >= 15 is 0 Å². The van der Waals surface area contributed by atoms with Crippen LogP contribution in [0.25, 0.3) is 0 Å². The summed E-state index contributed by atoms with van der Waals surface area (Å²) < 4.78 is 5.14. The average molecular weight is 182 g/mol. The summed E-state index contributed by atoms with van der Waals surface area (Å²) in [6.45, 7) is 0.0485. The molecule has 1 unspecified atom stereocenters. The van der Waals surface area contributed by atoms with Gasteiger partial charge in [0.25, 0.3) is 0 Å². The molecule has 1 aromatic carbocycles. The van der Waals surface area contributed by atoms with Crippen molar-refractivity contribution in [1.82, 2.24) is 0 Å². The highest BCUT2D eigenvalue weighted by Gasteiger charge is 2.12. The largest absolute Gasteiger partial charge is 0.508 e. The Bertz CT molecular complexity index is 260. The van der Waals surface area contributed by atoms with Crippen LogP contribution in [0.1, 0.15) is 18.1 Å². The highest BCUT2D eigenvalue weighted by atomic mass is 16.5. The van der Waals surface area contributed by atoms with Crippen LogP contribution < -0.4 is 0 Å². The third kappa shape index (κ3) is 2.44. The van der Waals surface area contributed by atoms with Crippen molar-refractivity contribution in [3.8, 4) is 5.75 Å². The monoisotopic (exact) mass is 182 g/mol. The van der Waals surface area contributed by atoms with Gasteiger partial charge in [-0.15, -0.1) is 0 Å². The van der Waals surface area contributed by atoms with Crippen LogP contribution in [0, 0.1) is 0 Å². The first-order valence-corrected chi connectivity index (χ1v) is 4.21. The van der Waals surface area contributed by atoms with Gasteiger partial charge in [-0.2, -0.15) is 0 Å². The SMILES string of the molecule is COC(CCO)c1ccccc1O. The number of aromatic hydroxyl groups is 1. The molecule has 2 N–H and O–H groups in total. The van der Waals surface area contributed by atoms with Crippen LogP contribution in [-0.4, -0.2) is 23.9 Å².